The Bertz CT molecular complexity index is 519. The number of anilines is 1. The fourth-order valence-corrected chi connectivity index (χ4v) is 3.55. The third kappa shape index (κ3) is 15.0. The molecule has 0 saturated carbocycles. The summed E-state index contributed by atoms with van der Waals surface area (Å²) in [5.41, 5.74) is 0.771. The van der Waals surface area contributed by atoms with Gasteiger partial charge in [0.15, 0.2) is 0 Å². The van der Waals surface area contributed by atoms with Crippen molar-refractivity contribution in [3.8, 4) is 5.75 Å². The highest BCUT2D eigenvalue weighted by Crippen LogP contribution is 2.16. The normalized spacial score (nSPS) is 10.8. The number of nitrogens with one attached hydrogen (secondary N) is 2. The lowest BCUT2D eigenvalue weighted by atomic mass is 10.0. The number of rotatable bonds is 19. The van der Waals surface area contributed by atoms with Gasteiger partial charge in [-0.3, -0.25) is 4.79 Å². The largest absolute Gasteiger partial charge is 0.497 e. The SMILES string of the molecule is CCCCCCCCCCCCCCCCNCC(=O)Nc1cccc(OC)c1. The maximum atomic E-state index is 11.9. The molecule has 0 fully saturated rings. The summed E-state index contributed by atoms with van der Waals surface area (Å²) in [5.74, 6) is 0.738. The van der Waals surface area contributed by atoms with Gasteiger partial charge >= 0.3 is 0 Å². The summed E-state index contributed by atoms with van der Waals surface area (Å²) in [4.78, 5) is 11.9. The van der Waals surface area contributed by atoms with Crippen LogP contribution in [-0.2, 0) is 4.79 Å². The van der Waals surface area contributed by atoms with Gasteiger partial charge in [-0.2, -0.15) is 0 Å². The summed E-state index contributed by atoms with van der Waals surface area (Å²) in [6, 6.07) is 7.43. The fourth-order valence-electron chi connectivity index (χ4n) is 3.55. The molecule has 0 radical (unpaired) electrons. The van der Waals surface area contributed by atoms with Gasteiger partial charge in [0.2, 0.25) is 5.91 Å². The minimum absolute atomic E-state index is 0.0105. The molecule has 0 spiro atoms. The molecule has 0 aliphatic carbocycles. The molecule has 1 amide bonds. The Morgan fingerprint density at radius 2 is 1.38 bits per heavy atom. The zero-order chi connectivity index (χ0) is 21.0. The number of carbonyl (C=O) groups excluding carboxylic acids is 1. The lowest BCUT2D eigenvalue weighted by Crippen LogP contribution is -2.28. The molecule has 4 nitrogen and oxygen atoms in total. The number of benzene rings is 1. The number of ether oxygens (including phenoxy) is 1. The third-order valence-electron chi connectivity index (χ3n) is 5.35. The fraction of sp³-hybridized carbons (Fsp3) is 0.720. The number of carbonyl (C=O) groups is 1. The van der Waals surface area contributed by atoms with Gasteiger partial charge in [0.05, 0.1) is 13.7 Å². The zero-order valence-corrected chi connectivity index (χ0v) is 18.9. The van der Waals surface area contributed by atoms with E-state index in [4.69, 9.17) is 4.74 Å². The predicted octanol–water partition coefficient (Wildman–Crippen LogP) is 6.70. The van der Waals surface area contributed by atoms with Crippen molar-refractivity contribution in [2.24, 2.45) is 0 Å². The standard InChI is InChI=1S/C25H44N2O2/c1-3-4-5-6-7-8-9-10-11-12-13-14-15-16-20-26-22-25(28)27-23-18-17-19-24(21-23)29-2/h17-19,21,26H,3-16,20,22H2,1-2H3,(H,27,28). The summed E-state index contributed by atoms with van der Waals surface area (Å²) in [5, 5.41) is 6.12. The molecule has 0 heterocycles. The van der Waals surface area contributed by atoms with Gasteiger partial charge in [-0.1, -0.05) is 96.5 Å². The molecule has 0 aliphatic heterocycles. The molecule has 0 atom stereocenters. The quantitative estimate of drug-likeness (QED) is 0.252. The van der Waals surface area contributed by atoms with E-state index >= 15 is 0 Å². The summed E-state index contributed by atoms with van der Waals surface area (Å²) < 4.78 is 5.16. The first-order valence-electron chi connectivity index (χ1n) is 11.9. The molecule has 1 aromatic carbocycles. The Labute approximate surface area is 179 Å². The third-order valence-corrected chi connectivity index (χ3v) is 5.35. The number of methoxy groups -OCH3 is 1. The summed E-state index contributed by atoms with van der Waals surface area (Å²) in [6.45, 7) is 3.54. The molecule has 2 N–H and O–H groups in total. The smallest absolute Gasteiger partial charge is 0.238 e. The average molecular weight is 405 g/mol. The van der Waals surface area contributed by atoms with E-state index in [0.717, 1.165) is 24.4 Å². The average Bonchev–Trinajstić information content (AvgIpc) is 2.73. The van der Waals surface area contributed by atoms with Crippen LogP contribution < -0.4 is 15.4 Å². The number of amides is 1. The van der Waals surface area contributed by atoms with Crippen LogP contribution in [-0.4, -0.2) is 26.1 Å². The first kappa shape index (κ1) is 25.5. The highest BCUT2D eigenvalue weighted by Gasteiger charge is 2.02. The van der Waals surface area contributed by atoms with Crippen molar-refractivity contribution in [1.29, 1.82) is 0 Å². The maximum Gasteiger partial charge on any atom is 0.238 e. The Balaban J connectivity index is 1.83. The van der Waals surface area contributed by atoms with Crippen LogP contribution in [0.3, 0.4) is 0 Å². The van der Waals surface area contributed by atoms with Crippen LogP contribution in [0.5, 0.6) is 5.75 Å². The zero-order valence-electron chi connectivity index (χ0n) is 18.9. The van der Waals surface area contributed by atoms with E-state index in [1.54, 1.807) is 7.11 Å². The van der Waals surface area contributed by atoms with Crippen LogP contribution in [0.25, 0.3) is 0 Å². The van der Waals surface area contributed by atoms with Gasteiger partial charge in [-0.05, 0) is 25.1 Å². The van der Waals surface area contributed by atoms with Crippen LogP contribution in [0.4, 0.5) is 5.69 Å². The van der Waals surface area contributed by atoms with Crippen molar-refractivity contribution >= 4 is 11.6 Å². The molecule has 29 heavy (non-hydrogen) atoms. The predicted molar refractivity (Wildman–Crippen MR) is 125 cm³/mol. The van der Waals surface area contributed by atoms with Gasteiger partial charge in [-0.25, -0.2) is 0 Å². The van der Waals surface area contributed by atoms with Crippen LogP contribution >= 0.6 is 0 Å². The topological polar surface area (TPSA) is 50.4 Å². The molecule has 0 unspecified atom stereocenters. The van der Waals surface area contributed by atoms with E-state index in [2.05, 4.69) is 17.6 Å². The molecule has 0 saturated heterocycles. The van der Waals surface area contributed by atoms with Gasteiger partial charge in [0, 0.05) is 11.8 Å². The number of hydrogen-bond donors (Lipinski definition) is 2. The Kier molecular flexibility index (Phi) is 16.2. The Morgan fingerprint density at radius 1 is 0.828 bits per heavy atom. The lowest BCUT2D eigenvalue weighted by molar-refractivity contribution is -0.115. The molecule has 4 heteroatoms. The number of hydrogen-bond acceptors (Lipinski definition) is 3. The van der Waals surface area contributed by atoms with Gasteiger partial charge < -0.3 is 15.4 Å². The Morgan fingerprint density at radius 3 is 1.93 bits per heavy atom. The van der Waals surface area contributed by atoms with E-state index in [0.29, 0.717) is 6.54 Å². The number of unbranched alkanes of at least 4 members (excludes halogenated alkanes) is 13. The van der Waals surface area contributed by atoms with Crippen molar-refractivity contribution < 1.29 is 9.53 Å². The first-order valence-corrected chi connectivity index (χ1v) is 11.9. The molecule has 1 rings (SSSR count). The summed E-state index contributed by atoms with van der Waals surface area (Å²) >= 11 is 0. The molecular weight excluding hydrogens is 360 g/mol. The van der Waals surface area contributed by atoms with Crippen molar-refractivity contribution in [3.63, 3.8) is 0 Å². The highest BCUT2D eigenvalue weighted by molar-refractivity contribution is 5.92. The summed E-state index contributed by atoms with van der Waals surface area (Å²) in [6.07, 6.45) is 19.2. The van der Waals surface area contributed by atoms with Crippen LogP contribution in [0.2, 0.25) is 0 Å². The lowest BCUT2D eigenvalue weighted by Gasteiger charge is -2.08. The van der Waals surface area contributed by atoms with Crippen molar-refractivity contribution in [2.75, 3.05) is 25.5 Å². The summed E-state index contributed by atoms with van der Waals surface area (Å²) in [7, 11) is 1.62. The van der Waals surface area contributed by atoms with Crippen molar-refractivity contribution in [3.05, 3.63) is 24.3 Å². The molecule has 0 bridgehead atoms. The molecule has 0 aliphatic rings. The van der Waals surface area contributed by atoms with Crippen LogP contribution in [0.1, 0.15) is 96.8 Å². The van der Waals surface area contributed by atoms with Gasteiger partial charge in [-0.15, -0.1) is 0 Å². The molecular formula is C25H44N2O2. The second-order valence-corrected chi connectivity index (χ2v) is 8.05. The Hall–Kier alpha value is -1.55. The van der Waals surface area contributed by atoms with Crippen molar-refractivity contribution in [2.45, 2.75) is 96.8 Å². The van der Waals surface area contributed by atoms with Crippen LogP contribution in [0, 0.1) is 0 Å². The van der Waals surface area contributed by atoms with E-state index in [1.165, 1.54) is 83.5 Å². The molecule has 0 aromatic heterocycles. The van der Waals surface area contributed by atoms with E-state index in [1.807, 2.05) is 24.3 Å². The van der Waals surface area contributed by atoms with Gasteiger partial charge in [0.1, 0.15) is 5.75 Å². The van der Waals surface area contributed by atoms with Crippen molar-refractivity contribution in [1.82, 2.24) is 5.32 Å². The van der Waals surface area contributed by atoms with E-state index in [9.17, 15) is 4.79 Å². The minimum Gasteiger partial charge on any atom is -0.497 e. The monoisotopic (exact) mass is 404 g/mol. The first-order chi connectivity index (χ1) is 14.3. The minimum atomic E-state index is -0.0105. The van der Waals surface area contributed by atoms with Crippen LogP contribution in [0.15, 0.2) is 24.3 Å². The highest BCUT2D eigenvalue weighted by atomic mass is 16.5. The van der Waals surface area contributed by atoms with E-state index in [-0.39, 0.29) is 5.91 Å². The van der Waals surface area contributed by atoms with Gasteiger partial charge in [0.25, 0.3) is 0 Å². The second-order valence-electron chi connectivity index (χ2n) is 8.05. The molecule has 166 valence electrons. The molecule has 1 aromatic rings. The second kappa shape index (κ2) is 18.5. The van der Waals surface area contributed by atoms with E-state index < -0.39 is 0 Å². The maximum absolute atomic E-state index is 11.9.